The van der Waals surface area contributed by atoms with Crippen LogP contribution in [0.15, 0.2) is 60.7 Å². The molecule has 0 unspecified atom stereocenters. The summed E-state index contributed by atoms with van der Waals surface area (Å²) < 4.78 is 0. The molecule has 0 aliphatic heterocycles. The van der Waals surface area contributed by atoms with Gasteiger partial charge in [0.05, 0.1) is 0 Å². The van der Waals surface area contributed by atoms with Crippen LogP contribution >= 0.6 is 0 Å². The monoisotopic (exact) mass is 300 g/mol. The average Bonchev–Trinajstić information content (AvgIpc) is 2.48. The van der Waals surface area contributed by atoms with Crippen molar-refractivity contribution in [1.29, 1.82) is 0 Å². The predicted molar refractivity (Wildman–Crippen MR) is 83.3 cm³/mol. The molecule has 7 heteroatoms. The van der Waals surface area contributed by atoms with Gasteiger partial charge in [-0.1, -0.05) is 36.4 Å². The van der Waals surface area contributed by atoms with E-state index in [4.69, 9.17) is 5.73 Å². The van der Waals surface area contributed by atoms with Crippen LogP contribution in [-0.4, -0.2) is 15.0 Å². The van der Waals surface area contributed by atoms with Gasteiger partial charge in [0.15, 0.2) is 11.9 Å². The van der Waals surface area contributed by atoms with E-state index in [1.54, 1.807) is 0 Å². The fourth-order valence-electron chi connectivity index (χ4n) is 1.79. The Morgan fingerprint density at radius 3 is 1.45 bits per heavy atom. The molecule has 0 radical (unpaired) electrons. The molecule has 22 heavy (non-hydrogen) atoms. The van der Waals surface area contributed by atoms with Gasteiger partial charge in [-0.25, -0.2) is 4.98 Å². The SMILES string of the molecule is [NH-]c1nc(Nc2ccccc2)nc(Nc2ccccc2)n1.[Na+]. The van der Waals surface area contributed by atoms with Crippen molar-refractivity contribution in [3.8, 4) is 0 Å². The minimum atomic E-state index is -0.0955. The summed E-state index contributed by atoms with van der Waals surface area (Å²) in [6, 6.07) is 19.1. The number of nitrogens with zero attached hydrogens (tertiary/aromatic N) is 3. The minimum Gasteiger partial charge on any atom is -0.410 e. The minimum absolute atomic E-state index is 0. The van der Waals surface area contributed by atoms with Gasteiger partial charge >= 0.3 is 29.6 Å². The smallest absolute Gasteiger partial charge is 0.410 e. The maximum absolute atomic E-state index is 7.67. The number of nitrogens with one attached hydrogen (secondary N) is 3. The van der Waals surface area contributed by atoms with E-state index in [1.165, 1.54) is 0 Å². The molecule has 0 bridgehead atoms. The molecule has 0 fully saturated rings. The molecule has 3 rings (SSSR count). The first-order chi connectivity index (χ1) is 10.3. The molecule has 0 amide bonds. The number of aromatic nitrogens is 3. The fourth-order valence-corrected chi connectivity index (χ4v) is 1.79. The van der Waals surface area contributed by atoms with E-state index in [0.717, 1.165) is 11.4 Å². The Kier molecular flexibility index (Phi) is 5.71. The third-order valence-electron chi connectivity index (χ3n) is 2.70. The molecule has 1 heterocycles. The van der Waals surface area contributed by atoms with Crippen molar-refractivity contribution in [1.82, 2.24) is 15.0 Å². The third kappa shape index (κ3) is 4.42. The molecule has 0 spiro atoms. The normalized spacial score (nSPS) is 9.64. The van der Waals surface area contributed by atoms with Crippen molar-refractivity contribution in [3.63, 3.8) is 0 Å². The predicted octanol–water partition coefficient (Wildman–Crippen LogP) is 1.05. The number of rotatable bonds is 4. The molecule has 3 N–H and O–H groups in total. The zero-order chi connectivity index (χ0) is 14.5. The zero-order valence-corrected chi connectivity index (χ0v) is 14.1. The molecule has 6 nitrogen and oxygen atoms in total. The van der Waals surface area contributed by atoms with Gasteiger partial charge in [-0.2, -0.15) is 0 Å². The Morgan fingerprint density at radius 2 is 1.05 bits per heavy atom. The Morgan fingerprint density at radius 1 is 0.636 bits per heavy atom. The summed E-state index contributed by atoms with van der Waals surface area (Å²) in [6.45, 7) is 0. The Bertz CT molecular complexity index is 661. The van der Waals surface area contributed by atoms with Gasteiger partial charge < -0.3 is 26.3 Å². The summed E-state index contributed by atoms with van der Waals surface area (Å²) in [4.78, 5) is 12.2. The van der Waals surface area contributed by atoms with E-state index in [9.17, 15) is 0 Å². The molecule has 2 aromatic carbocycles. The Hall–Kier alpha value is -2.15. The van der Waals surface area contributed by atoms with Crippen LogP contribution in [0.2, 0.25) is 0 Å². The molecule has 0 aliphatic rings. The van der Waals surface area contributed by atoms with E-state index >= 15 is 0 Å². The second-order valence-corrected chi connectivity index (χ2v) is 4.29. The van der Waals surface area contributed by atoms with Crippen molar-refractivity contribution in [2.75, 3.05) is 10.6 Å². The van der Waals surface area contributed by atoms with Crippen molar-refractivity contribution in [3.05, 3.63) is 66.4 Å². The van der Waals surface area contributed by atoms with Crippen LogP contribution in [-0.2, 0) is 0 Å². The largest absolute Gasteiger partial charge is 1.00 e. The van der Waals surface area contributed by atoms with E-state index in [1.807, 2.05) is 60.7 Å². The van der Waals surface area contributed by atoms with Gasteiger partial charge in [-0.05, 0) is 24.3 Å². The van der Waals surface area contributed by atoms with E-state index in [-0.39, 0.29) is 35.5 Å². The van der Waals surface area contributed by atoms with Crippen LogP contribution in [0, 0.1) is 0 Å². The zero-order valence-electron chi connectivity index (χ0n) is 12.1. The van der Waals surface area contributed by atoms with E-state index in [0.29, 0.717) is 11.9 Å². The van der Waals surface area contributed by atoms with Crippen LogP contribution in [0.4, 0.5) is 29.2 Å². The molecule has 0 saturated heterocycles. The number of hydrogen-bond acceptors (Lipinski definition) is 5. The second-order valence-electron chi connectivity index (χ2n) is 4.29. The van der Waals surface area contributed by atoms with Crippen LogP contribution in [0.1, 0.15) is 0 Å². The number of anilines is 4. The molecule has 0 atom stereocenters. The maximum Gasteiger partial charge on any atom is 1.00 e. The van der Waals surface area contributed by atoms with Crippen LogP contribution in [0.5, 0.6) is 0 Å². The second kappa shape index (κ2) is 7.74. The summed E-state index contributed by atoms with van der Waals surface area (Å²) in [5.41, 5.74) is 9.38. The Balaban J connectivity index is 0.00000176. The quantitative estimate of drug-likeness (QED) is 0.703. The van der Waals surface area contributed by atoms with Crippen LogP contribution in [0.3, 0.4) is 0 Å². The summed E-state index contributed by atoms with van der Waals surface area (Å²) in [7, 11) is 0. The van der Waals surface area contributed by atoms with Crippen LogP contribution < -0.4 is 40.2 Å². The van der Waals surface area contributed by atoms with Crippen molar-refractivity contribution >= 4 is 29.2 Å². The van der Waals surface area contributed by atoms with Crippen LogP contribution in [0.25, 0.3) is 5.73 Å². The molecule has 1 aromatic heterocycles. The topological polar surface area (TPSA) is 86.5 Å². The average molecular weight is 300 g/mol. The van der Waals surface area contributed by atoms with Crippen molar-refractivity contribution < 1.29 is 29.6 Å². The maximum atomic E-state index is 7.67. The first-order valence-electron chi connectivity index (χ1n) is 6.41. The molecule has 0 aliphatic carbocycles. The number of hydrogen-bond donors (Lipinski definition) is 2. The van der Waals surface area contributed by atoms with Gasteiger partial charge in [-0.15, -0.1) is 0 Å². The molecule has 0 saturated carbocycles. The van der Waals surface area contributed by atoms with Crippen molar-refractivity contribution in [2.24, 2.45) is 0 Å². The summed E-state index contributed by atoms with van der Waals surface area (Å²) in [6.07, 6.45) is 0. The van der Waals surface area contributed by atoms with E-state index < -0.39 is 0 Å². The van der Waals surface area contributed by atoms with Gasteiger partial charge in [0.1, 0.15) is 0 Å². The molecule has 3 aromatic rings. The van der Waals surface area contributed by atoms with Gasteiger partial charge in [0, 0.05) is 17.3 Å². The third-order valence-corrected chi connectivity index (χ3v) is 2.70. The molecular weight excluding hydrogens is 287 g/mol. The summed E-state index contributed by atoms with van der Waals surface area (Å²) in [5, 5.41) is 6.10. The standard InChI is InChI=1S/C15H13N6.Na/c16-13-19-14(17-11-7-3-1-4-8-11)21-15(20-13)18-12-9-5-2-6-10-12;/h1-10H,(H3-,16,17,18,19,20,21);/q-1;+1. The van der Waals surface area contributed by atoms with Gasteiger partial charge in [-0.3, -0.25) is 0 Å². The molecular formula is C15H13N6Na. The Labute approximate surface area is 150 Å². The summed E-state index contributed by atoms with van der Waals surface area (Å²) >= 11 is 0. The van der Waals surface area contributed by atoms with Crippen molar-refractivity contribution in [2.45, 2.75) is 0 Å². The first-order valence-corrected chi connectivity index (χ1v) is 6.41. The molecule has 104 valence electrons. The fraction of sp³-hybridized carbons (Fsp3) is 0. The number of para-hydroxylation sites is 2. The van der Waals surface area contributed by atoms with Gasteiger partial charge in [0.2, 0.25) is 0 Å². The number of benzene rings is 2. The summed E-state index contributed by atoms with van der Waals surface area (Å²) in [5.74, 6) is 0.570. The van der Waals surface area contributed by atoms with Gasteiger partial charge in [0.25, 0.3) is 0 Å². The van der Waals surface area contributed by atoms with E-state index in [2.05, 4.69) is 25.6 Å². The first kappa shape index (κ1) is 16.2.